The maximum Gasteiger partial charge on any atom is 0.261 e. The summed E-state index contributed by atoms with van der Waals surface area (Å²) in [6, 6.07) is 11.8. The highest BCUT2D eigenvalue weighted by Gasteiger charge is 2.27. The second kappa shape index (κ2) is 10.3. The Hall–Kier alpha value is -2.24. The standard InChI is InChI=1S/C21H24Cl2N2O3/c1-4-24-21(27)15(3)25(12-16-9-10-17(22)11-18(16)23)20(26)13-28-19-8-6-5-7-14(19)2/h5-11,15H,4,12-13H2,1-3H3,(H,24,27). The van der Waals surface area contributed by atoms with Crippen molar-refractivity contribution in [3.05, 3.63) is 63.6 Å². The number of halogens is 2. The molecule has 1 unspecified atom stereocenters. The first-order valence-corrected chi connectivity index (χ1v) is 9.78. The second-order valence-electron chi connectivity index (χ2n) is 6.38. The Bertz CT molecular complexity index is 842. The van der Waals surface area contributed by atoms with Gasteiger partial charge in [-0.25, -0.2) is 0 Å². The van der Waals surface area contributed by atoms with Crippen LogP contribution >= 0.6 is 23.2 Å². The molecule has 2 aromatic rings. The fourth-order valence-electron chi connectivity index (χ4n) is 2.68. The highest BCUT2D eigenvalue weighted by Crippen LogP contribution is 2.23. The zero-order valence-electron chi connectivity index (χ0n) is 16.2. The van der Waals surface area contributed by atoms with E-state index < -0.39 is 6.04 Å². The number of amides is 2. The van der Waals surface area contributed by atoms with Crippen molar-refractivity contribution in [1.82, 2.24) is 10.2 Å². The molecule has 0 aliphatic heterocycles. The van der Waals surface area contributed by atoms with Gasteiger partial charge < -0.3 is 15.0 Å². The van der Waals surface area contributed by atoms with Gasteiger partial charge in [0.1, 0.15) is 11.8 Å². The smallest absolute Gasteiger partial charge is 0.261 e. The lowest BCUT2D eigenvalue weighted by atomic mass is 10.1. The summed E-state index contributed by atoms with van der Waals surface area (Å²) in [7, 11) is 0. The minimum atomic E-state index is -0.681. The Labute approximate surface area is 175 Å². The van der Waals surface area contributed by atoms with Crippen LogP contribution < -0.4 is 10.1 Å². The summed E-state index contributed by atoms with van der Waals surface area (Å²) in [6.07, 6.45) is 0. The van der Waals surface area contributed by atoms with Crippen molar-refractivity contribution in [2.24, 2.45) is 0 Å². The van der Waals surface area contributed by atoms with Crippen LogP contribution in [0.1, 0.15) is 25.0 Å². The topological polar surface area (TPSA) is 58.6 Å². The van der Waals surface area contributed by atoms with Crippen molar-refractivity contribution in [2.45, 2.75) is 33.4 Å². The molecule has 1 N–H and O–H groups in total. The number of aryl methyl sites for hydroxylation is 1. The Morgan fingerprint density at radius 2 is 1.89 bits per heavy atom. The summed E-state index contributed by atoms with van der Waals surface area (Å²) in [5.74, 6) is 0.0795. The molecule has 7 heteroatoms. The number of likely N-dealkylation sites (N-methyl/N-ethyl adjacent to an activating group) is 1. The summed E-state index contributed by atoms with van der Waals surface area (Å²) in [6.45, 7) is 5.88. The van der Waals surface area contributed by atoms with E-state index in [1.54, 1.807) is 31.2 Å². The summed E-state index contributed by atoms with van der Waals surface area (Å²) < 4.78 is 5.68. The largest absolute Gasteiger partial charge is 0.484 e. The van der Waals surface area contributed by atoms with Crippen LogP contribution in [0.25, 0.3) is 0 Å². The molecule has 2 amide bonds. The van der Waals surface area contributed by atoms with Crippen LogP contribution in [0.2, 0.25) is 10.0 Å². The van der Waals surface area contributed by atoms with Gasteiger partial charge in [-0.1, -0.05) is 47.5 Å². The van der Waals surface area contributed by atoms with Crippen LogP contribution in [0.15, 0.2) is 42.5 Å². The van der Waals surface area contributed by atoms with E-state index in [-0.39, 0.29) is 25.0 Å². The number of benzene rings is 2. The number of para-hydroxylation sites is 1. The molecule has 0 aromatic heterocycles. The van der Waals surface area contributed by atoms with Crippen LogP contribution in [0.4, 0.5) is 0 Å². The summed E-state index contributed by atoms with van der Waals surface area (Å²) >= 11 is 12.2. The van der Waals surface area contributed by atoms with Gasteiger partial charge >= 0.3 is 0 Å². The van der Waals surface area contributed by atoms with E-state index >= 15 is 0 Å². The molecule has 0 spiro atoms. The zero-order chi connectivity index (χ0) is 20.7. The monoisotopic (exact) mass is 422 g/mol. The molecule has 2 aromatic carbocycles. The van der Waals surface area contributed by atoms with Gasteiger partial charge in [-0.05, 0) is 50.1 Å². The van der Waals surface area contributed by atoms with E-state index in [1.807, 2.05) is 32.0 Å². The molecule has 0 saturated heterocycles. The fraction of sp³-hybridized carbons (Fsp3) is 0.333. The molecule has 150 valence electrons. The van der Waals surface area contributed by atoms with Gasteiger partial charge in [-0.2, -0.15) is 0 Å². The van der Waals surface area contributed by atoms with Crippen molar-refractivity contribution in [2.75, 3.05) is 13.2 Å². The van der Waals surface area contributed by atoms with Crippen molar-refractivity contribution in [3.63, 3.8) is 0 Å². The normalized spacial score (nSPS) is 11.6. The van der Waals surface area contributed by atoms with E-state index in [4.69, 9.17) is 27.9 Å². The average Bonchev–Trinajstić information content (AvgIpc) is 2.66. The Morgan fingerprint density at radius 1 is 1.18 bits per heavy atom. The molecule has 0 aliphatic rings. The predicted octanol–water partition coefficient (Wildman–Crippen LogP) is 4.23. The van der Waals surface area contributed by atoms with Gasteiger partial charge in [0.25, 0.3) is 5.91 Å². The molecule has 0 bridgehead atoms. The third kappa shape index (κ3) is 5.88. The maximum atomic E-state index is 12.9. The number of ether oxygens (including phenoxy) is 1. The molecule has 0 aliphatic carbocycles. The lowest BCUT2D eigenvalue weighted by Gasteiger charge is -2.29. The van der Waals surface area contributed by atoms with Gasteiger partial charge in [0.2, 0.25) is 5.91 Å². The molecular weight excluding hydrogens is 399 g/mol. The molecule has 28 heavy (non-hydrogen) atoms. The fourth-order valence-corrected chi connectivity index (χ4v) is 3.15. The van der Waals surface area contributed by atoms with Crippen LogP contribution in [0, 0.1) is 6.92 Å². The number of hydrogen-bond acceptors (Lipinski definition) is 3. The first-order chi connectivity index (χ1) is 13.3. The van der Waals surface area contributed by atoms with E-state index in [9.17, 15) is 9.59 Å². The lowest BCUT2D eigenvalue weighted by Crippen LogP contribution is -2.49. The SMILES string of the molecule is CCNC(=O)C(C)N(Cc1ccc(Cl)cc1Cl)C(=O)COc1ccccc1C. The first kappa shape index (κ1) is 22.1. The second-order valence-corrected chi connectivity index (χ2v) is 7.23. The van der Waals surface area contributed by atoms with Gasteiger partial charge in [0.05, 0.1) is 0 Å². The maximum absolute atomic E-state index is 12.9. The third-order valence-corrected chi connectivity index (χ3v) is 4.91. The average molecular weight is 423 g/mol. The minimum absolute atomic E-state index is 0.171. The lowest BCUT2D eigenvalue weighted by molar-refractivity contribution is -0.142. The molecule has 0 radical (unpaired) electrons. The van der Waals surface area contributed by atoms with Gasteiger partial charge in [-0.15, -0.1) is 0 Å². The number of rotatable bonds is 8. The Morgan fingerprint density at radius 3 is 2.54 bits per heavy atom. The van der Waals surface area contributed by atoms with Crippen LogP contribution in [0.5, 0.6) is 5.75 Å². The van der Waals surface area contributed by atoms with Gasteiger partial charge in [-0.3, -0.25) is 9.59 Å². The quantitative estimate of drug-likeness (QED) is 0.691. The number of nitrogens with zero attached hydrogens (tertiary/aromatic N) is 1. The first-order valence-electron chi connectivity index (χ1n) is 9.03. The van der Waals surface area contributed by atoms with Crippen LogP contribution in [0.3, 0.4) is 0 Å². The molecule has 2 rings (SSSR count). The molecule has 0 saturated carbocycles. The number of carbonyl (C=O) groups excluding carboxylic acids is 2. The Kier molecular flexibility index (Phi) is 8.15. The van der Waals surface area contributed by atoms with E-state index in [0.29, 0.717) is 27.9 Å². The van der Waals surface area contributed by atoms with Crippen LogP contribution in [-0.2, 0) is 16.1 Å². The van der Waals surface area contributed by atoms with Crippen molar-refractivity contribution in [1.29, 1.82) is 0 Å². The van der Waals surface area contributed by atoms with E-state index in [1.165, 1.54) is 4.90 Å². The van der Waals surface area contributed by atoms with Crippen molar-refractivity contribution in [3.8, 4) is 5.75 Å². The minimum Gasteiger partial charge on any atom is -0.484 e. The number of nitrogens with one attached hydrogen (secondary N) is 1. The molecule has 1 atom stereocenters. The van der Waals surface area contributed by atoms with E-state index in [0.717, 1.165) is 5.56 Å². The number of carbonyl (C=O) groups is 2. The third-order valence-electron chi connectivity index (χ3n) is 4.32. The summed E-state index contributed by atoms with van der Waals surface area (Å²) in [4.78, 5) is 26.7. The highest BCUT2D eigenvalue weighted by molar-refractivity contribution is 6.35. The number of hydrogen-bond donors (Lipinski definition) is 1. The van der Waals surface area contributed by atoms with Gasteiger partial charge in [0.15, 0.2) is 6.61 Å². The summed E-state index contributed by atoms with van der Waals surface area (Å²) in [5.41, 5.74) is 1.63. The van der Waals surface area contributed by atoms with Crippen molar-refractivity contribution < 1.29 is 14.3 Å². The summed E-state index contributed by atoms with van der Waals surface area (Å²) in [5, 5.41) is 3.69. The van der Waals surface area contributed by atoms with Crippen LogP contribution in [-0.4, -0.2) is 35.9 Å². The zero-order valence-corrected chi connectivity index (χ0v) is 17.7. The predicted molar refractivity (Wildman–Crippen MR) is 112 cm³/mol. The van der Waals surface area contributed by atoms with Gasteiger partial charge in [0, 0.05) is 23.1 Å². The Balaban J connectivity index is 2.20. The molecular formula is C21H24Cl2N2O3. The van der Waals surface area contributed by atoms with E-state index in [2.05, 4.69) is 5.32 Å². The molecule has 5 nitrogen and oxygen atoms in total. The molecule has 0 heterocycles. The van der Waals surface area contributed by atoms with Crippen molar-refractivity contribution >= 4 is 35.0 Å². The highest BCUT2D eigenvalue weighted by atomic mass is 35.5. The molecule has 0 fully saturated rings.